The first kappa shape index (κ1) is 11.4. The third-order valence-electron chi connectivity index (χ3n) is 2.07. The predicted octanol–water partition coefficient (Wildman–Crippen LogP) is 2.67. The first-order chi connectivity index (χ1) is 7.74. The average molecular weight is 254 g/mol. The van der Waals surface area contributed by atoms with Crippen molar-refractivity contribution in [2.75, 3.05) is 5.73 Å². The number of thiazole rings is 1. The quantitative estimate of drug-likeness (QED) is 0.824. The van der Waals surface area contributed by atoms with Crippen LogP contribution in [0.4, 0.5) is 5.69 Å². The van der Waals surface area contributed by atoms with Crippen LogP contribution in [-0.2, 0) is 13.1 Å². The Labute approximate surface area is 103 Å². The Morgan fingerprint density at radius 3 is 2.88 bits per heavy atom. The van der Waals surface area contributed by atoms with Gasteiger partial charge >= 0.3 is 0 Å². The standard InChI is InChI=1S/C11H12ClN3S/c12-9-3-8(4-10(13)5-9)6-14-7-11-15-1-2-16-11/h1-5,14H,6-7,13H2. The summed E-state index contributed by atoms with van der Waals surface area (Å²) in [6.07, 6.45) is 1.80. The highest BCUT2D eigenvalue weighted by atomic mass is 35.5. The smallest absolute Gasteiger partial charge is 0.106 e. The average Bonchev–Trinajstić information content (AvgIpc) is 2.69. The van der Waals surface area contributed by atoms with Crippen LogP contribution in [0.15, 0.2) is 29.8 Å². The van der Waals surface area contributed by atoms with Gasteiger partial charge in [0, 0.05) is 35.4 Å². The van der Waals surface area contributed by atoms with Gasteiger partial charge < -0.3 is 11.1 Å². The molecule has 0 aliphatic carbocycles. The largest absolute Gasteiger partial charge is 0.399 e. The van der Waals surface area contributed by atoms with Crippen LogP contribution >= 0.6 is 22.9 Å². The van der Waals surface area contributed by atoms with Crippen molar-refractivity contribution in [3.8, 4) is 0 Å². The molecular formula is C11H12ClN3S. The summed E-state index contributed by atoms with van der Waals surface area (Å²) in [5.41, 5.74) is 7.48. The molecule has 84 valence electrons. The van der Waals surface area contributed by atoms with Gasteiger partial charge in [-0.05, 0) is 23.8 Å². The highest BCUT2D eigenvalue weighted by molar-refractivity contribution is 7.09. The summed E-state index contributed by atoms with van der Waals surface area (Å²) in [6.45, 7) is 1.51. The molecular weight excluding hydrogens is 242 g/mol. The van der Waals surface area contributed by atoms with Crippen LogP contribution in [-0.4, -0.2) is 4.98 Å². The lowest BCUT2D eigenvalue weighted by Gasteiger charge is -2.05. The van der Waals surface area contributed by atoms with Crippen molar-refractivity contribution in [2.45, 2.75) is 13.1 Å². The minimum Gasteiger partial charge on any atom is -0.399 e. The Kier molecular flexibility index (Phi) is 3.77. The number of hydrogen-bond acceptors (Lipinski definition) is 4. The van der Waals surface area contributed by atoms with Crippen LogP contribution in [0.2, 0.25) is 5.02 Å². The molecule has 0 saturated carbocycles. The number of anilines is 1. The second kappa shape index (κ2) is 5.30. The molecule has 0 aliphatic heterocycles. The molecule has 0 radical (unpaired) electrons. The van der Waals surface area contributed by atoms with Crippen molar-refractivity contribution >= 4 is 28.6 Å². The number of nitrogens with zero attached hydrogens (tertiary/aromatic N) is 1. The summed E-state index contributed by atoms with van der Waals surface area (Å²) in [6, 6.07) is 5.57. The van der Waals surface area contributed by atoms with E-state index in [1.165, 1.54) is 0 Å². The molecule has 3 nitrogen and oxygen atoms in total. The van der Waals surface area contributed by atoms with Crippen LogP contribution in [0.5, 0.6) is 0 Å². The van der Waals surface area contributed by atoms with Crippen LogP contribution in [0.3, 0.4) is 0 Å². The van der Waals surface area contributed by atoms with Gasteiger partial charge in [-0.2, -0.15) is 0 Å². The fourth-order valence-corrected chi connectivity index (χ4v) is 2.28. The van der Waals surface area contributed by atoms with E-state index < -0.39 is 0 Å². The van der Waals surface area contributed by atoms with E-state index >= 15 is 0 Å². The van der Waals surface area contributed by atoms with Crippen molar-refractivity contribution in [1.82, 2.24) is 10.3 Å². The molecule has 5 heteroatoms. The van der Waals surface area contributed by atoms with Crippen LogP contribution < -0.4 is 11.1 Å². The lowest BCUT2D eigenvalue weighted by molar-refractivity contribution is 0.690. The van der Waals surface area contributed by atoms with Gasteiger partial charge in [0.2, 0.25) is 0 Å². The third kappa shape index (κ3) is 3.20. The van der Waals surface area contributed by atoms with Crippen molar-refractivity contribution in [3.63, 3.8) is 0 Å². The molecule has 1 aromatic heterocycles. The van der Waals surface area contributed by atoms with Gasteiger partial charge in [0.1, 0.15) is 5.01 Å². The first-order valence-corrected chi connectivity index (χ1v) is 6.14. The van der Waals surface area contributed by atoms with Crippen molar-refractivity contribution in [1.29, 1.82) is 0 Å². The Morgan fingerprint density at radius 1 is 1.31 bits per heavy atom. The van der Waals surface area contributed by atoms with E-state index in [4.69, 9.17) is 17.3 Å². The second-order valence-corrected chi connectivity index (χ2v) is 4.84. The van der Waals surface area contributed by atoms with Gasteiger partial charge in [0.05, 0.1) is 0 Å². The monoisotopic (exact) mass is 253 g/mol. The van der Waals surface area contributed by atoms with Crippen molar-refractivity contribution in [2.24, 2.45) is 0 Å². The minimum absolute atomic E-state index is 0.672. The van der Waals surface area contributed by atoms with Crippen LogP contribution in [0.25, 0.3) is 0 Å². The van der Waals surface area contributed by atoms with Gasteiger partial charge in [-0.3, -0.25) is 0 Å². The lowest BCUT2D eigenvalue weighted by Crippen LogP contribution is -2.12. The number of rotatable bonds is 4. The Hall–Kier alpha value is -1.10. The van der Waals surface area contributed by atoms with Crippen molar-refractivity contribution in [3.05, 3.63) is 45.4 Å². The molecule has 0 aliphatic rings. The number of nitrogen functional groups attached to an aromatic ring is 1. The van der Waals surface area contributed by atoms with E-state index in [0.29, 0.717) is 10.7 Å². The molecule has 0 fully saturated rings. The molecule has 0 atom stereocenters. The first-order valence-electron chi connectivity index (χ1n) is 4.88. The van der Waals surface area contributed by atoms with E-state index in [-0.39, 0.29) is 0 Å². The number of hydrogen-bond donors (Lipinski definition) is 2. The van der Waals surface area contributed by atoms with Crippen LogP contribution in [0.1, 0.15) is 10.6 Å². The number of halogens is 1. The third-order valence-corrected chi connectivity index (χ3v) is 3.07. The summed E-state index contributed by atoms with van der Waals surface area (Å²) in [5.74, 6) is 0. The van der Waals surface area contributed by atoms with E-state index in [0.717, 1.165) is 23.7 Å². The van der Waals surface area contributed by atoms with Gasteiger partial charge in [0.25, 0.3) is 0 Å². The summed E-state index contributed by atoms with van der Waals surface area (Å²) < 4.78 is 0. The summed E-state index contributed by atoms with van der Waals surface area (Å²) in [5, 5.41) is 7.01. The Morgan fingerprint density at radius 2 is 2.19 bits per heavy atom. The summed E-state index contributed by atoms with van der Waals surface area (Å²) in [7, 11) is 0. The van der Waals surface area contributed by atoms with Crippen LogP contribution in [0, 0.1) is 0 Å². The maximum absolute atomic E-state index is 5.91. The number of aromatic nitrogens is 1. The molecule has 0 saturated heterocycles. The zero-order valence-corrected chi connectivity index (χ0v) is 10.2. The molecule has 0 unspecified atom stereocenters. The zero-order chi connectivity index (χ0) is 11.4. The minimum atomic E-state index is 0.672. The maximum Gasteiger partial charge on any atom is 0.106 e. The van der Waals surface area contributed by atoms with Gasteiger partial charge in [0.15, 0.2) is 0 Å². The Balaban J connectivity index is 1.89. The van der Waals surface area contributed by atoms with Gasteiger partial charge in [-0.25, -0.2) is 4.98 Å². The fraction of sp³-hybridized carbons (Fsp3) is 0.182. The molecule has 3 N–H and O–H groups in total. The normalized spacial score (nSPS) is 10.6. The molecule has 1 aromatic carbocycles. The van der Waals surface area contributed by atoms with E-state index in [1.807, 2.05) is 17.5 Å². The van der Waals surface area contributed by atoms with E-state index in [9.17, 15) is 0 Å². The van der Waals surface area contributed by atoms with Gasteiger partial charge in [-0.1, -0.05) is 11.6 Å². The SMILES string of the molecule is Nc1cc(Cl)cc(CNCc2nccs2)c1. The summed E-state index contributed by atoms with van der Waals surface area (Å²) >= 11 is 7.55. The molecule has 1 heterocycles. The predicted molar refractivity (Wildman–Crippen MR) is 68.5 cm³/mol. The maximum atomic E-state index is 5.91. The fourth-order valence-electron chi connectivity index (χ4n) is 1.43. The van der Waals surface area contributed by atoms with E-state index in [2.05, 4.69) is 10.3 Å². The molecule has 0 bridgehead atoms. The number of nitrogens with two attached hydrogens (primary N) is 1. The molecule has 0 amide bonds. The van der Waals surface area contributed by atoms with E-state index in [1.54, 1.807) is 23.6 Å². The topological polar surface area (TPSA) is 50.9 Å². The highest BCUT2D eigenvalue weighted by Crippen LogP contribution is 2.16. The zero-order valence-electron chi connectivity index (χ0n) is 8.61. The lowest BCUT2D eigenvalue weighted by atomic mass is 10.2. The highest BCUT2D eigenvalue weighted by Gasteiger charge is 1.98. The molecule has 16 heavy (non-hydrogen) atoms. The number of nitrogens with one attached hydrogen (secondary N) is 1. The van der Waals surface area contributed by atoms with Gasteiger partial charge in [-0.15, -0.1) is 11.3 Å². The molecule has 2 aromatic rings. The summed E-state index contributed by atoms with van der Waals surface area (Å²) in [4.78, 5) is 4.19. The molecule has 0 spiro atoms. The second-order valence-electron chi connectivity index (χ2n) is 3.42. The number of benzene rings is 1. The Bertz CT molecular complexity index is 436. The molecule has 2 rings (SSSR count). The van der Waals surface area contributed by atoms with Crippen molar-refractivity contribution < 1.29 is 0 Å².